The molecule has 1 atom stereocenters. The molecule has 2 aliphatic rings. The van der Waals surface area contributed by atoms with Gasteiger partial charge in [0.05, 0.1) is 0 Å². The van der Waals surface area contributed by atoms with Gasteiger partial charge in [0, 0.05) is 6.04 Å². The first-order valence-corrected chi connectivity index (χ1v) is 7.56. The molecule has 0 aromatic rings. The molecule has 2 rings (SSSR count). The van der Waals surface area contributed by atoms with Gasteiger partial charge in [0.25, 0.3) is 0 Å². The summed E-state index contributed by atoms with van der Waals surface area (Å²) >= 11 is 0. The van der Waals surface area contributed by atoms with E-state index in [1.807, 2.05) is 0 Å². The van der Waals surface area contributed by atoms with Crippen LogP contribution in [0.15, 0.2) is 0 Å². The van der Waals surface area contributed by atoms with Crippen molar-refractivity contribution in [2.75, 3.05) is 39.3 Å². The summed E-state index contributed by atoms with van der Waals surface area (Å²) in [6.45, 7) is 7.45. The number of hydrogen-bond acceptors (Lipinski definition) is 3. The van der Waals surface area contributed by atoms with E-state index in [0.717, 1.165) is 12.6 Å². The molecule has 0 radical (unpaired) electrons. The molecule has 0 spiro atoms. The van der Waals surface area contributed by atoms with Crippen molar-refractivity contribution in [2.24, 2.45) is 5.73 Å². The third kappa shape index (κ3) is 4.23. The van der Waals surface area contributed by atoms with Crippen LogP contribution in [0.5, 0.6) is 0 Å². The second-order valence-corrected chi connectivity index (χ2v) is 5.67. The minimum absolute atomic E-state index is 0.785. The molecule has 0 amide bonds. The highest BCUT2D eigenvalue weighted by molar-refractivity contribution is 4.77. The molecule has 0 aromatic heterocycles. The maximum Gasteiger partial charge on any atom is 0.0107 e. The smallest absolute Gasteiger partial charge is 0.0107 e. The van der Waals surface area contributed by atoms with Gasteiger partial charge in [0.2, 0.25) is 0 Å². The summed E-state index contributed by atoms with van der Waals surface area (Å²) in [4.78, 5) is 5.33. The van der Waals surface area contributed by atoms with Crippen molar-refractivity contribution in [3.8, 4) is 0 Å². The molecular formula is C14H29N3. The number of hydrogen-bond donors (Lipinski definition) is 1. The first-order chi connectivity index (χ1) is 8.40. The minimum Gasteiger partial charge on any atom is -0.330 e. The fraction of sp³-hybridized carbons (Fsp3) is 1.00. The van der Waals surface area contributed by atoms with Crippen molar-refractivity contribution in [3.05, 3.63) is 0 Å². The number of likely N-dealkylation sites (tertiary alicyclic amines) is 2. The van der Waals surface area contributed by atoms with Gasteiger partial charge in [-0.2, -0.15) is 0 Å². The maximum absolute atomic E-state index is 5.71. The molecule has 100 valence electrons. The summed E-state index contributed by atoms with van der Waals surface area (Å²) in [6.07, 6.45) is 9.56. The predicted octanol–water partition coefficient (Wildman–Crippen LogP) is 1.68. The zero-order chi connectivity index (χ0) is 11.9. The van der Waals surface area contributed by atoms with Crippen molar-refractivity contribution in [1.29, 1.82) is 0 Å². The highest BCUT2D eigenvalue weighted by Gasteiger charge is 2.21. The van der Waals surface area contributed by atoms with Gasteiger partial charge in [0.1, 0.15) is 0 Å². The van der Waals surface area contributed by atoms with Gasteiger partial charge in [-0.05, 0) is 77.8 Å². The molecule has 1 unspecified atom stereocenters. The lowest BCUT2D eigenvalue weighted by molar-refractivity contribution is 0.135. The highest BCUT2D eigenvalue weighted by atomic mass is 15.2. The van der Waals surface area contributed by atoms with E-state index in [4.69, 9.17) is 5.73 Å². The summed E-state index contributed by atoms with van der Waals surface area (Å²) in [5, 5.41) is 0. The Hall–Kier alpha value is -0.120. The van der Waals surface area contributed by atoms with Crippen LogP contribution in [0.25, 0.3) is 0 Å². The average Bonchev–Trinajstić information content (AvgIpc) is 2.85. The Morgan fingerprint density at radius 3 is 2.47 bits per heavy atom. The molecule has 17 heavy (non-hydrogen) atoms. The number of nitrogens with zero attached hydrogens (tertiary/aromatic N) is 2. The Labute approximate surface area is 106 Å². The molecule has 0 bridgehead atoms. The van der Waals surface area contributed by atoms with Crippen LogP contribution < -0.4 is 5.73 Å². The quantitative estimate of drug-likeness (QED) is 0.765. The largest absolute Gasteiger partial charge is 0.330 e. The highest BCUT2D eigenvalue weighted by Crippen LogP contribution is 2.19. The van der Waals surface area contributed by atoms with Gasteiger partial charge >= 0.3 is 0 Å². The van der Waals surface area contributed by atoms with E-state index >= 15 is 0 Å². The first kappa shape index (κ1) is 13.3. The van der Waals surface area contributed by atoms with Crippen molar-refractivity contribution in [3.63, 3.8) is 0 Å². The molecule has 0 saturated carbocycles. The van der Waals surface area contributed by atoms with Crippen LogP contribution in [0.2, 0.25) is 0 Å². The molecule has 2 N–H and O–H groups in total. The van der Waals surface area contributed by atoms with E-state index in [-0.39, 0.29) is 0 Å². The molecule has 2 saturated heterocycles. The minimum atomic E-state index is 0.785. The van der Waals surface area contributed by atoms with E-state index in [9.17, 15) is 0 Å². The topological polar surface area (TPSA) is 32.5 Å². The van der Waals surface area contributed by atoms with Gasteiger partial charge in [-0.25, -0.2) is 0 Å². The van der Waals surface area contributed by atoms with Crippen molar-refractivity contribution in [1.82, 2.24) is 9.80 Å². The fourth-order valence-corrected chi connectivity index (χ4v) is 3.38. The second kappa shape index (κ2) is 7.34. The van der Waals surface area contributed by atoms with E-state index in [2.05, 4.69) is 9.80 Å². The second-order valence-electron chi connectivity index (χ2n) is 5.67. The van der Waals surface area contributed by atoms with E-state index < -0.39 is 0 Å². The summed E-state index contributed by atoms with van der Waals surface area (Å²) in [5.74, 6) is 0. The van der Waals surface area contributed by atoms with Crippen LogP contribution in [0.4, 0.5) is 0 Å². The summed E-state index contributed by atoms with van der Waals surface area (Å²) in [7, 11) is 0. The Balaban J connectivity index is 1.64. The van der Waals surface area contributed by atoms with Gasteiger partial charge in [-0.1, -0.05) is 6.42 Å². The Bertz CT molecular complexity index is 200. The van der Waals surface area contributed by atoms with Crippen molar-refractivity contribution in [2.45, 2.75) is 51.0 Å². The maximum atomic E-state index is 5.71. The van der Waals surface area contributed by atoms with Crippen LogP contribution in [-0.2, 0) is 0 Å². The lowest BCUT2D eigenvalue weighted by Crippen LogP contribution is -2.42. The van der Waals surface area contributed by atoms with E-state index in [1.54, 1.807) is 0 Å². The summed E-state index contributed by atoms with van der Waals surface area (Å²) in [5.41, 5.74) is 5.71. The molecule has 2 aliphatic heterocycles. The third-order valence-corrected chi connectivity index (χ3v) is 4.37. The third-order valence-electron chi connectivity index (χ3n) is 4.37. The monoisotopic (exact) mass is 239 g/mol. The number of rotatable bonds is 6. The lowest BCUT2D eigenvalue weighted by Gasteiger charge is -2.36. The van der Waals surface area contributed by atoms with Crippen molar-refractivity contribution >= 4 is 0 Å². The molecule has 0 aromatic carbocycles. The van der Waals surface area contributed by atoms with E-state index in [1.165, 1.54) is 77.7 Å². The summed E-state index contributed by atoms with van der Waals surface area (Å²) < 4.78 is 0. The van der Waals surface area contributed by atoms with Crippen LogP contribution >= 0.6 is 0 Å². The van der Waals surface area contributed by atoms with Gasteiger partial charge in [0.15, 0.2) is 0 Å². The van der Waals surface area contributed by atoms with Gasteiger partial charge < -0.3 is 15.5 Å². The molecular weight excluding hydrogens is 210 g/mol. The predicted molar refractivity (Wildman–Crippen MR) is 73.2 cm³/mol. The zero-order valence-electron chi connectivity index (χ0n) is 11.2. The molecule has 0 aliphatic carbocycles. The first-order valence-electron chi connectivity index (χ1n) is 7.56. The number of piperidine rings is 1. The zero-order valence-corrected chi connectivity index (χ0v) is 11.2. The van der Waals surface area contributed by atoms with Crippen LogP contribution in [-0.4, -0.2) is 55.1 Å². The standard InChI is InChI=1S/C14H29N3/c15-8-7-14-6-1-2-12-17(14)13-5-11-16-9-3-4-10-16/h14H,1-13,15H2. The normalized spacial score (nSPS) is 27.7. The Morgan fingerprint density at radius 1 is 0.941 bits per heavy atom. The lowest BCUT2D eigenvalue weighted by atomic mass is 9.99. The molecule has 2 heterocycles. The Kier molecular flexibility index (Phi) is 5.75. The molecule has 3 nitrogen and oxygen atoms in total. The van der Waals surface area contributed by atoms with Gasteiger partial charge in [-0.3, -0.25) is 0 Å². The summed E-state index contributed by atoms with van der Waals surface area (Å²) in [6, 6.07) is 0.785. The van der Waals surface area contributed by atoms with Crippen LogP contribution in [0.1, 0.15) is 44.9 Å². The van der Waals surface area contributed by atoms with E-state index in [0.29, 0.717) is 0 Å². The van der Waals surface area contributed by atoms with Crippen molar-refractivity contribution < 1.29 is 0 Å². The number of nitrogens with two attached hydrogens (primary N) is 1. The van der Waals surface area contributed by atoms with Gasteiger partial charge in [-0.15, -0.1) is 0 Å². The molecule has 3 heteroatoms. The van der Waals surface area contributed by atoms with Crippen LogP contribution in [0.3, 0.4) is 0 Å². The van der Waals surface area contributed by atoms with Crippen LogP contribution in [0, 0.1) is 0 Å². The average molecular weight is 239 g/mol. The Morgan fingerprint density at radius 2 is 1.71 bits per heavy atom. The SMILES string of the molecule is NCCC1CCCCN1CCCN1CCCC1. The molecule has 2 fully saturated rings. The fourth-order valence-electron chi connectivity index (χ4n) is 3.38.